The fourth-order valence-electron chi connectivity index (χ4n) is 2.98. The molecule has 0 aliphatic carbocycles. The molecule has 6 N–H and O–H groups in total. The van der Waals surface area contributed by atoms with Crippen LogP contribution in [0.5, 0.6) is 0 Å². The molecule has 3 aromatic rings. The molecule has 0 radical (unpaired) electrons. The Morgan fingerprint density at radius 3 is 2.61 bits per heavy atom. The number of aromatic nitrogens is 4. The molecule has 0 saturated carbocycles. The highest BCUT2D eigenvalue weighted by Crippen LogP contribution is 2.35. The van der Waals surface area contributed by atoms with Gasteiger partial charge in [-0.3, -0.25) is 14.3 Å². The lowest BCUT2D eigenvalue weighted by Crippen LogP contribution is -2.33. The molecule has 28 heavy (non-hydrogen) atoms. The van der Waals surface area contributed by atoms with Crippen LogP contribution in [0.3, 0.4) is 0 Å². The van der Waals surface area contributed by atoms with Gasteiger partial charge in [-0.2, -0.15) is 4.98 Å². The summed E-state index contributed by atoms with van der Waals surface area (Å²) in [4.78, 5) is 22.7. The summed E-state index contributed by atoms with van der Waals surface area (Å²) < 4.78 is 6.76. The molecule has 12 nitrogen and oxygen atoms in total. The maximum atomic E-state index is 12.2. The van der Waals surface area contributed by atoms with Crippen LogP contribution in [0.15, 0.2) is 45.4 Å². The number of aliphatic hydroxyl groups is 3. The number of azo groups is 1. The van der Waals surface area contributed by atoms with Crippen molar-refractivity contribution in [3.8, 4) is 0 Å². The van der Waals surface area contributed by atoms with Crippen molar-refractivity contribution in [2.45, 2.75) is 24.5 Å². The molecule has 1 fully saturated rings. The molecule has 1 aliphatic heterocycles. The lowest BCUT2D eigenvalue weighted by molar-refractivity contribution is -0.0503. The van der Waals surface area contributed by atoms with Crippen LogP contribution in [0.1, 0.15) is 6.23 Å². The average Bonchev–Trinajstić information content (AvgIpc) is 3.18. The number of nitrogens with one attached hydrogen (secondary N) is 1. The molecule has 12 heteroatoms. The zero-order chi connectivity index (χ0) is 19.8. The van der Waals surface area contributed by atoms with Crippen molar-refractivity contribution < 1.29 is 20.1 Å². The van der Waals surface area contributed by atoms with Crippen molar-refractivity contribution in [3.63, 3.8) is 0 Å². The Bertz CT molecular complexity index is 1080. The minimum Gasteiger partial charge on any atom is -0.394 e. The van der Waals surface area contributed by atoms with E-state index in [0.717, 1.165) is 0 Å². The van der Waals surface area contributed by atoms with Crippen LogP contribution < -0.4 is 11.3 Å². The van der Waals surface area contributed by atoms with Crippen molar-refractivity contribution in [3.05, 3.63) is 40.7 Å². The maximum absolute atomic E-state index is 12.2. The number of hydrogen-bond donors (Lipinski definition) is 5. The van der Waals surface area contributed by atoms with E-state index in [-0.39, 0.29) is 23.1 Å². The standard InChI is InChI=1S/C16H17N7O5/c17-15-19-12-9(13(27)20-15)18-16(22-21-7-4-2-1-3-5-7)23(12)14-11(26)10(25)8(6-24)28-14/h1-5,8,10-11,14,24-26H,6H2,(H3,17,19,20,27)/t8-,10-,11-,14-/m1/s1. The van der Waals surface area contributed by atoms with E-state index in [2.05, 4.69) is 25.2 Å². The molecule has 1 aliphatic rings. The van der Waals surface area contributed by atoms with Crippen molar-refractivity contribution in [1.29, 1.82) is 0 Å². The average molecular weight is 387 g/mol. The lowest BCUT2D eigenvalue weighted by Gasteiger charge is -2.17. The van der Waals surface area contributed by atoms with Crippen LogP contribution in [0.25, 0.3) is 11.2 Å². The van der Waals surface area contributed by atoms with Crippen molar-refractivity contribution in [2.75, 3.05) is 12.3 Å². The maximum Gasteiger partial charge on any atom is 0.280 e. The predicted molar refractivity (Wildman–Crippen MR) is 96.2 cm³/mol. The Kier molecular flexibility index (Phi) is 4.60. The summed E-state index contributed by atoms with van der Waals surface area (Å²) in [6.07, 6.45) is -5.03. The number of nitrogens with zero attached hydrogens (tertiary/aromatic N) is 5. The van der Waals surface area contributed by atoms with E-state index in [0.29, 0.717) is 5.69 Å². The first-order valence-corrected chi connectivity index (χ1v) is 8.36. The normalized spacial score (nSPS) is 25.1. The number of aliphatic hydroxyl groups excluding tert-OH is 3. The molecular formula is C16H17N7O5. The summed E-state index contributed by atoms with van der Waals surface area (Å²) in [6.45, 7) is -0.516. The quantitative estimate of drug-likeness (QED) is 0.379. The highest BCUT2D eigenvalue weighted by molar-refractivity contribution is 5.74. The number of aromatic amines is 1. The molecule has 146 valence electrons. The number of benzene rings is 1. The van der Waals surface area contributed by atoms with Gasteiger partial charge in [0.05, 0.1) is 12.3 Å². The minimum absolute atomic E-state index is 0.00176. The fourth-order valence-corrected chi connectivity index (χ4v) is 2.98. The van der Waals surface area contributed by atoms with Gasteiger partial charge in [-0.15, -0.1) is 10.2 Å². The van der Waals surface area contributed by atoms with Crippen LogP contribution in [-0.4, -0.2) is 59.8 Å². The van der Waals surface area contributed by atoms with Crippen LogP contribution >= 0.6 is 0 Å². The second-order valence-electron chi connectivity index (χ2n) is 6.17. The van der Waals surface area contributed by atoms with Gasteiger partial charge in [-0.25, -0.2) is 4.98 Å². The number of ether oxygens (including phenoxy) is 1. The Labute approximate surface area is 157 Å². The fraction of sp³-hybridized carbons (Fsp3) is 0.312. The molecule has 4 atom stereocenters. The van der Waals surface area contributed by atoms with Gasteiger partial charge in [0.15, 0.2) is 17.4 Å². The Hall–Kier alpha value is -3.19. The molecule has 2 aromatic heterocycles. The topological polar surface area (TPSA) is 184 Å². The largest absolute Gasteiger partial charge is 0.394 e. The van der Waals surface area contributed by atoms with Gasteiger partial charge in [0.25, 0.3) is 11.5 Å². The molecule has 1 saturated heterocycles. The lowest BCUT2D eigenvalue weighted by atomic mass is 10.1. The number of nitrogen functional groups attached to an aromatic ring is 1. The van der Waals surface area contributed by atoms with Crippen molar-refractivity contribution in [2.24, 2.45) is 10.2 Å². The zero-order valence-corrected chi connectivity index (χ0v) is 14.4. The zero-order valence-electron chi connectivity index (χ0n) is 14.4. The van der Waals surface area contributed by atoms with Crippen LogP contribution in [0.4, 0.5) is 17.6 Å². The number of imidazole rings is 1. The van der Waals surface area contributed by atoms with Crippen LogP contribution in [0, 0.1) is 0 Å². The molecular weight excluding hydrogens is 370 g/mol. The predicted octanol–water partition coefficient (Wildman–Crippen LogP) is -0.271. The van der Waals surface area contributed by atoms with E-state index in [1.54, 1.807) is 24.3 Å². The van der Waals surface area contributed by atoms with Gasteiger partial charge in [-0.1, -0.05) is 18.2 Å². The van der Waals surface area contributed by atoms with Crippen LogP contribution in [0.2, 0.25) is 0 Å². The molecule has 0 amide bonds. The van der Waals surface area contributed by atoms with E-state index in [1.165, 1.54) is 4.57 Å². The van der Waals surface area contributed by atoms with Gasteiger partial charge in [0.2, 0.25) is 5.95 Å². The summed E-state index contributed by atoms with van der Waals surface area (Å²) >= 11 is 0. The number of anilines is 1. The van der Waals surface area contributed by atoms with E-state index in [9.17, 15) is 20.1 Å². The van der Waals surface area contributed by atoms with Gasteiger partial charge in [-0.05, 0) is 12.1 Å². The van der Waals surface area contributed by atoms with E-state index >= 15 is 0 Å². The smallest absolute Gasteiger partial charge is 0.280 e. The third kappa shape index (κ3) is 3.03. The monoisotopic (exact) mass is 387 g/mol. The van der Waals surface area contributed by atoms with Crippen molar-refractivity contribution >= 4 is 28.7 Å². The first kappa shape index (κ1) is 18.2. The molecule has 0 unspecified atom stereocenters. The number of fused-ring (bicyclic) bond motifs is 1. The number of hydrogen-bond acceptors (Lipinski definition) is 10. The minimum atomic E-state index is -1.43. The Morgan fingerprint density at radius 2 is 1.93 bits per heavy atom. The number of nitrogens with two attached hydrogens (primary N) is 1. The van der Waals surface area contributed by atoms with E-state index in [4.69, 9.17) is 10.5 Å². The highest BCUT2D eigenvalue weighted by Gasteiger charge is 2.45. The molecule has 3 heterocycles. The van der Waals surface area contributed by atoms with Crippen LogP contribution in [-0.2, 0) is 4.74 Å². The summed E-state index contributed by atoms with van der Waals surface area (Å²) in [5, 5.41) is 37.9. The summed E-state index contributed by atoms with van der Waals surface area (Å²) in [7, 11) is 0. The number of rotatable bonds is 4. The summed E-state index contributed by atoms with van der Waals surface area (Å²) in [6, 6.07) is 8.80. The second-order valence-corrected chi connectivity index (χ2v) is 6.17. The van der Waals surface area contributed by atoms with Crippen molar-refractivity contribution in [1.82, 2.24) is 19.5 Å². The number of H-pyrrole nitrogens is 1. The molecule has 1 aromatic carbocycles. The van der Waals surface area contributed by atoms with Gasteiger partial charge in [0.1, 0.15) is 18.3 Å². The Balaban J connectivity index is 1.87. The first-order chi connectivity index (χ1) is 13.5. The first-order valence-electron chi connectivity index (χ1n) is 8.36. The summed E-state index contributed by atoms with van der Waals surface area (Å²) in [5.74, 6) is -0.255. The Morgan fingerprint density at radius 1 is 1.18 bits per heavy atom. The third-order valence-electron chi connectivity index (χ3n) is 4.33. The van der Waals surface area contributed by atoms with E-state index < -0.39 is 36.7 Å². The third-order valence-corrected chi connectivity index (χ3v) is 4.33. The highest BCUT2D eigenvalue weighted by atomic mass is 16.6. The van der Waals surface area contributed by atoms with Gasteiger partial charge in [0, 0.05) is 0 Å². The molecule has 4 rings (SSSR count). The summed E-state index contributed by atoms with van der Waals surface area (Å²) in [5.41, 5.74) is 5.46. The second kappa shape index (κ2) is 7.09. The van der Waals surface area contributed by atoms with E-state index in [1.807, 2.05) is 6.07 Å². The molecule has 0 bridgehead atoms. The SMILES string of the molecule is Nc1nc2c(nc(N=Nc3ccccc3)n2[C@@H]2O[C@H](CO)[C@@H](O)[C@H]2O)c(=O)[nH]1. The van der Waals surface area contributed by atoms with Gasteiger partial charge >= 0.3 is 0 Å². The van der Waals surface area contributed by atoms with Gasteiger partial charge < -0.3 is 25.8 Å². The molecule has 0 spiro atoms.